The molecule has 0 spiro atoms. The van der Waals surface area contributed by atoms with Gasteiger partial charge in [0.1, 0.15) is 0 Å². The molecule has 2 rings (SSSR count). The van der Waals surface area contributed by atoms with Gasteiger partial charge in [-0.3, -0.25) is 9.71 Å². The summed E-state index contributed by atoms with van der Waals surface area (Å²) in [6.45, 7) is 3.27. The number of fused-ring (bicyclic) bond motifs is 1. The fourth-order valence-electron chi connectivity index (χ4n) is 1.49. The monoisotopic (exact) mass is 328 g/mol. The second kappa shape index (κ2) is 4.85. The lowest BCUT2D eigenvalue weighted by Crippen LogP contribution is -2.22. The molecule has 0 atom stereocenters. The maximum Gasteiger partial charge on any atom is 0.235 e. The first-order valence-corrected chi connectivity index (χ1v) is 7.80. The van der Waals surface area contributed by atoms with Gasteiger partial charge < -0.3 is 0 Å². The van der Waals surface area contributed by atoms with Crippen LogP contribution in [0.2, 0.25) is 0 Å². The van der Waals surface area contributed by atoms with Crippen LogP contribution in [0.25, 0.3) is 10.9 Å². The lowest BCUT2D eigenvalue weighted by atomic mass is 10.2. The van der Waals surface area contributed by atoms with Gasteiger partial charge in [-0.2, -0.15) is 0 Å². The van der Waals surface area contributed by atoms with Gasteiger partial charge in [0.25, 0.3) is 0 Å². The molecule has 0 bridgehead atoms. The minimum absolute atomic E-state index is 0.483. The number of nitrogens with zero attached hydrogens (tertiary/aromatic N) is 1. The van der Waals surface area contributed by atoms with E-state index in [0.29, 0.717) is 11.2 Å². The summed E-state index contributed by atoms with van der Waals surface area (Å²) in [5, 5.41) is 0.400. The summed E-state index contributed by atoms with van der Waals surface area (Å²) in [5.74, 6) is 0. The fraction of sp³-hybridized carbons (Fsp3) is 0.250. The average Bonchev–Trinajstić information content (AvgIpc) is 2.28. The second-order valence-corrected chi connectivity index (χ2v) is 7.38. The van der Waals surface area contributed by atoms with E-state index in [4.69, 9.17) is 0 Å². The molecule has 4 nitrogen and oxygen atoms in total. The van der Waals surface area contributed by atoms with Crippen molar-refractivity contribution in [1.82, 2.24) is 4.98 Å². The Hall–Kier alpha value is -1.14. The number of pyridine rings is 1. The summed E-state index contributed by atoms with van der Waals surface area (Å²) >= 11 is 3.34. The number of halogens is 1. The smallest absolute Gasteiger partial charge is 0.235 e. The maximum atomic E-state index is 11.9. The topological polar surface area (TPSA) is 59.1 Å². The standard InChI is InChI=1S/C12H13BrN2O2S/c1-8(2)18(16,17)15-11-5-3-4-9-6-10(13)7-14-12(9)11/h3-8,15H,1-2H3. The van der Waals surface area contributed by atoms with Crippen molar-refractivity contribution >= 4 is 42.5 Å². The van der Waals surface area contributed by atoms with Gasteiger partial charge in [-0.15, -0.1) is 0 Å². The molecule has 0 radical (unpaired) electrons. The second-order valence-electron chi connectivity index (χ2n) is 4.23. The van der Waals surface area contributed by atoms with Crippen LogP contribution in [0.1, 0.15) is 13.8 Å². The Labute approximate surface area is 115 Å². The van der Waals surface area contributed by atoms with Gasteiger partial charge in [-0.1, -0.05) is 12.1 Å². The van der Waals surface area contributed by atoms with E-state index in [1.165, 1.54) is 0 Å². The van der Waals surface area contributed by atoms with Crippen molar-refractivity contribution in [2.75, 3.05) is 4.72 Å². The number of hydrogen-bond donors (Lipinski definition) is 1. The Morgan fingerprint density at radius 2 is 2.06 bits per heavy atom. The van der Waals surface area contributed by atoms with Gasteiger partial charge in [0, 0.05) is 16.1 Å². The zero-order valence-electron chi connectivity index (χ0n) is 10.0. The molecule has 0 saturated carbocycles. The number of aromatic nitrogens is 1. The Kier molecular flexibility index (Phi) is 3.59. The third-order valence-electron chi connectivity index (χ3n) is 2.55. The van der Waals surface area contributed by atoms with Crippen LogP contribution in [0.15, 0.2) is 34.9 Å². The number of para-hydroxylation sites is 1. The van der Waals surface area contributed by atoms with Gasteiger partial charge in [0.15, 0.2) is 0 Å². The highest BCUT2D eigenvalue weighted by Crippen LogP contribution is 2.25. The van der Waals surface area contributed by atoms with E-state index in [0.717, 1.165) is 9.86 Å². The van der Waals surface area contributed by atoms with E-state index in [1.54, 1.807) is 32.2 Å². The molecule has 1 N–H and O–H groups in total. The van der Waals surface area contributed by atoms with Crippen LogP contribution >= 0.6 is 15.9 Å². The molecule has 2 aromatic rings. The Bertz CT molecular complexity index is 684. The molecule has 0 aliphatic carbocycles. The quantitative estimate of drug-likeness (QED) is 0.941. The van der Waals surface area contributed by atoms with Crippen molar-refractivity contribution in [1.29, 1.82) is 0 Å². The average molecular weight is 329 g/mol. The molecule has 0 saturated heterocycles. The van der Waals surface area contributed by atoms with Gasteiger partial charge in [-0.25, -0.2) is 8.42 Å². The summed E-state index contributed by atoms with van der Waals surface area (Å²) in [6, 6.07) is 7.30. The van der Waals surface area contributed by atoms with Crippen LogP contribution in [-0.2, 0) is 10.0 Å². The highest BCUT2D eigenvalue weighted by Gasteiger charge is 2.17. The Balaban J connectivity index is 2.53. The molecule has 0 aliphatic heterocycles. The summed E-state index contributed by atoms with van der Waals surface area (Å²) in [6.07, 6.45) is 1.65. The molecule has 0 amide bonds. The Morgan fingerprint density at radius 1 is 1.33 bits per heavy atom. The molecular weight excluding hydrogens is 316 g/mol. The van der Waals surface area contributed by atoms with Crippen molar-refractivity contribution in [3.63, 3.8) is 0 Å². The van der Waals surface area contributed by atoms with Crippen LogP contribution in [0.3, 0.4) is 0 Å². The minimum atomic E-state index is -3.35. The number of sulfonamides is 1. The van der Waals surface area contributed by atoms with Crippen molar-refractivity contribution < 1.29 is 8.42 Å². The highest BCUT2D eigenvalue weighted by atomic mass is 79.9. The van der Waals surface area contributed by atoms with E-state index in [2.05, 4.69) is 25.6 Å². The molecule has 0 fully saturated rings. The number of anilines is 1. The first kappa shape index (κ1) is 13.3. The van der Waals surface area contributed by atoms with E-state index in [9.17, 15) is 8.42 Å². The predicted molar refractivity (Wildman–Crippen MR) is 77.1 cm³/mol. The summed E-state index contributed by atoms with van der Waals surface area (Å²) in [7, 11) is -3.35. The third-order valence-corrected chi connectivity index (χ3v) is 4.73. The lowest BCUT2D eigenvalue weighted by Gasteiger charge is -2.12. The highest BCUT2D eigenvalue weighted by molar-refractivity contribution is 9.10. The van der Waals surface area contributed by atoms with Gasteiger partial charge >= 0.3 is 0 Å². The normalized spacial score (nSPS) is 12.0. The molecule has 18 heavy (non-hydrogen) atoms. The maximum absolute atomic E-state index is 11.9. The van der Waals surface area contributed by atoms with Crippen LogP contribution in [-0.4, -0.2) is 18.7 Å². The number of nitrogens with one attached hydrogen (secondary N) is 1. The number of benzene rings is 1. The SMILES string of the molecule is CC(C)S(=O)(=O)Nc1cccc2cc(Br)cnc12. The summed E-state index contributed by atoms with van der Waals surface area (Å²) in [5.41, 5.74) is 1.15. The lowest BCUT2D eigenvalue weighted by molar-refractivity contribution is 0.593. The van der Waals surface area contributed by atoms with Crippen molar-refractivity contribution in [2.24, 2.45) is 0 Å². The molecule has 0 aliphatic rings. The van der Waals surface area contributed by atoms with E-state index < -0.39 is 15.3 Å². The zero-order chi connectivity index (χ0) is 13.3. The Morgan fingerprint density at radius 3 is 2.72 bits per heavy atom. The number of rotatable bonds is 3. The molecule has 96 valence electrons. The molecule has 1 aromatic heterocycles. The molecule has 1 heterocycles. The third kappa shape index (κ3) is 2.64. The predicted octanol–water partition coefficient (Wildman–Crippen LogP) is 3.15. The van der Waals surface area contributed by atoms with Gasteiger partial charge in [0.2, 0.25) is 10.0 Å². The first-order chi connectivity index (χ1) is 8.40. The summed E-state index contributed by atoms with van der Waals surface area (Å²) in [4.78, 5) is 4.25. The van der Waals surface area contributed by atoms with Crippen LogP contribution in [0, 0.1) is 0 Å². The molecular formula is C12H13BrN2O2S. The van der Waals surface area contributed by atoms with Crippen LogP contribution < -0.4 is 4.72 Å². The van der Waals surface area contributed by atoms with Gasteiger partial charge in [-0.05, 0) is 41.9 Å². The van der Waals surface area contributed by atoms with Crippen LogP contribution in [0.4, 0.5) is 5.69 Å². The number of hydrogen-bond acceptors (Lipinski definition) is 3. The van der Waals surface area contributed by atoms with Crippen molar-refractivity contribution in [3.8, 4) is 0 Å². The molecule has 6 heteroatoms. The van der Waals surface area contributed by atoms with E-state index in [1.807, 2.05) is 12.1 Å². The zero-order valence-corrected chi connectivity index (χ0v) is 12.4. The van der Waals surface area contributed by atoms with Crippen molar-refractivity contribution in [2.45, 2.75) is 19.1 Å². The minimum Gasteiger partial charge on any atom is -0.281 e. The molecule has 1 aromatic carbocycles. The summed E-state index contributed by atoms with van der Waals surface area (Å²) < 4.78 is 27.2. The van der Waals surface area contributed by atoms with Crippen LogP contribution in [0.5, 0.6) is 0 Å². The van der Waals surface area contributed by atoms with Gasteiger partial charge in [0.05, 0.1) is 16.5 Å². The van der Waals surface area contributed by atoms with E-state index in [-0.39, 0.29) is 0 Å². The van der Waals surface area contributed by atoms with Crippen molar-refractivity contribution in [3.05, 3.63) is 34.9 Å². The fourth-order valence-corrected chi connectivity index (χ4v) is 2.54. The largest absolute Gasteiger partial charge is 0.281 e. The van der Waals surface area contributed by atoms with E-state index >= 15 is 0 Å². The molecule has 0 unspecified atom stereocenters. The first-order valence-electron chi connectivity index (χ1n) is 5.46.